The molecule has 150 valence electrons. The van der Waals surface area contributed by atoms with Crippen molar-refractivity contribution in [2.45, 2.75) is 64.5 Å². The number of carbonyl (C=O) groups is 4. The minimum Gasteiger partial charge on any atom is -0.452 e. The Morgan fingerprint density at radius 3 is 2.50 bits per heavy atom. The van der Waals surface area contributed by atoms with Gasteiger partial charge < -0.3 is 10.1 Å². The summed E-state index contributed by atoms with van der Waals surface area (Å²) in [4.78, 5) is 50.8. The number of hydrogen-bond donors (Lipinski definition) is 1. The molecule has 1 saturated carbocycles. The first-order valence-corrected chi connectivity index (χ1v) is 9.90. The average molecular weight is 386 g/mol. The molecule has 1 atom stereocenters. The summed E-state index contributed by atoms with van der Waals surface area (Å²) in [7, 11) is 0. The maximum atomic E-state index is 12.8. The summed E-state index contributed by atoms with van der Waals surface area (Å²) in [5.41, 5.74) is 0.706. The summed E-state index contributed by atoms with van der Waals surface area (Å²) in [6.07, 6.45) is 5.57. The number of rotatable bonds is 6. The molecule has 7 nitrogen and oxygen atoms in total. The van der Waals surface area contributed by atoms with Crippen LogP contribution in [-0.2, 0) is 9.53 Å². The second kappa shape index (κ2) is 8.54. The molecule has 28 heavy (non-hydrogen) atoms. The lowest BCUT2D eigenvalue weighted by molar-refractivity contribution is -0.124. The predicted octanol–water partition coefficient (Wildman–Crippen LogP) is 2.69. The zero-order chi connectivity index (χ0) is 20.3. The van der Waals surface area contributed by atoms with E-state index < -0.39 is 5.97 Å². The monoisotopic (exact) mass is 386 g/mol. The Morgan fingerprint density at radius 1 is 1.14 bits per heavy atom. The van der Waals surface area contributed by atoms with Gasteiger partial charge in [-0.1, -0.05) is 26.2 Å². The molecule has 1 N–H and O–H groups in total. The molecule has 1 aromatic rings. The highest BCUT2D eigenvalue weighted by molar-refractivity contribution is 6.22. The van der Waals surface area contributed by atoms with Crippen LogP contribution in [0.25, 0.3) is 0 Å². The summed E-state index contributed by atoms with van der Waals surface area (Å²) in [5, 5.41) is 2.71. The van der Waals surface area contributed by atoms with Crippen molar-refractivity contribution in [2.75, 3.05) is 6.61 Å². The predicted molar refractivity (Wildman–Crippen MR) is 102 cm³/mol. The largest absolute Gasteiger partial charge is 0.452 e. The number of nitrogens with one attached hydrogen (secondary N) is 1. The number of esters is 1. The van der Waals surface area contributed by atoms with Gasteiger partial charge in [0, 0.05) is 12.1 Å². The van der Waals surface area contributed by atoms with Crippen LogP contribution in [-0.4, -0.2) is 47.3 Å². The highest BCUT2D eigenvalue weighted by atomic mass is 16.5. The molecule has 0 aromatic heterocycles. The van der Waals surface area contributed by atoms with E-state index in [9.17, 15) is 19.2 Å². The van der Waals surface area contributed by atoms with Gasteiger partial charge in [-0.3, -0.25) is 19.3 Å². The van der Waals surface area contributed by atoms with Crippen molar-refractivity contribution < 1.29 is 23.9 Å². The third-order valence-electron chi connectivity index (χ3n) is 5.45. The molecule has 3 rings (SSSR count). The second-order valence-corrected chi connectivity index (χ2v) is 7.49. The summed E-state index contributed by atoms with van der Waals surface area (Å²) in [6.45, 7) is 3.42. The first kappa shape index (κ1) is 20.0. The zero-order valence-electron chi connectivity index (χ0n) is 16.3. The average Bonchev–Trinajstić information content (AvgIpc) is 2.96. The first-order chi connectivity index (χ1) is 13.4. The summed E-state index contributed by atoms with van der Waals surface area (Å²) in [5.74, 6) is -1.71. The molecule has 0 spiro atoms. The molecule has 0 bridgehead atoms. The van der Waals surface area contributed by atoms with Crippen LogP contribution in [0, 0.1) is 0 Å². The van der Waals surface area contributed by atoms with Gasteiger partial charge in [0.25, 0.3) is 17.7 Å². The van der Waals surface area contributed by atoms with Crippen LogP contribution in [0.5, 0.6) is 0 Å². The van der Waals surface area contributed by atoms with Crippen LogP contribution < -0.4 is 5.32 Å². The highest BCUT2D eigenvalue weighted by Crippen LogP contribution is 2.31. The maximum Gasteiger partial charge on any atom is 0.338 e. The van der Waals surface area contributed by atoms with Gasteiger partial charge in [-0.05, 0) is 44.4 Å². The molecule has 2 aliphatic rings. The van der Waals surface area contributed by atoms with Crippen molar-refractivity contribution in [1.29, 1.82) is 0 Å². The second-order valence-electron chi connectivity index (χ2n) is 7.49. The summed E-state index contributed by atoms with van der Waals surface area (Å²) >= 11 is 0. The molecule has 1 heterocycles. The number of fused-ring (bicyclic) bond motifs is 1. The summed E-state index contributed by atoms with van der Waals surface area (Å²) in [6, 6.07) is 4.28. The van der Waals surface area contributed by atoms with Crippen LogP contribution in [0.3, 0.4) is 0 Å². The first-order valence-electron chi connectivity index (χ1n) is 9.90. The van der Waals surface area contributed by atoms with Crippen LogP contribution >= 0.6 is 0 Å². The van der Waals surface area contributed by atoms with E-state index in [1.54, 1.807) is 0 Å². The fraction of sp³-hybridized carbons (Fsp3) is 0.524. The van der Waals surface area contributed by atoms with Crippen molar-refractivity contribution in [3.63, 3.8) is 0 Å². The molecule has 0 radical (unpaired) electrons. The molecule has 0 saturated heterocycles. The Balaban J connectivity index is 1.68. The molecule has 3 amide bonds. The molecule has 1 fully saturated rings. The van der Waals surface area contributed by atoms with Crippen LogP contribution in [0.1, 0.15) is 83.4 Å². The molecule has 0 unspecified atom stereocenters. The van der Waals surface area contributed by atoms with E-state index in [-0.39, 0.29) is 47.5 Å². The van der Waals surface area contributed by atoms with E-state index in [2.05, 4.69) is 5.32 Å². The molecular formula is C21H26N2O5. The maximum absolute atomic E-state index is 12.8. The van der Waals surface area contributed by atoms with Crippen molar-refractivity contribution >= 4 is 23.7 Å². The third kappa shape index (κ3) is 4.08. The number of amides is 3. The molecule has 7 heteroatoms. The van der Waals surface area contributed by atoms with Gasteiger partial charge in [0.15, 0.2) is 6.61 Å². The van der Waals surface area contributed by atoms with E-state index in [4.69, 9.17) is 4.74 Å². The number of nitrogens with zero attached hydrogens (tertiary/aromatic N) is 1. The minimum atomic E-state index is -0.696. The lowest BCUT2D eigenvalue weighted by Crippen LogP contribution is -2.40. The van der Waals surface area contributed by atoms with E-state index in [1.807, 2.05) is 13.8 Å². The Kier molecular flexibility index (Phi) is 6.11. The lowest BCUT2D eigenvalue weighted by Gasteiger charge is -2.29. The van der Waals surface area contributed by atoms with Crippen molar-refractivity contribution in [3.8, 4) is 0 Å². The fourth-order valence-electron chi connectivity index (χ4n) is 3.69. The Hall–Kier alpha value is -2.70. The number of carbonyl (C=O) groups excluding carboxylic acids is 4. The number of ether oxygens (including phenoxy) is 1. The number of hydrogen-bond acceptors (Lipinski definition) is 5. The van der Waals surface area contributed by atoms with Gasteiger partial charge in [0.2, 0.25) is 0 Å². The topological polar surface area (TPSA) is 92.8 Å². The van der Waals surface area contributed by atoms with Crippen molar-refractivity contribution in [1.82, 2.24) is 10.2 Å². The van der Waals surface area contributed by atoms with E-state index in [0.717, 1.165) is 38.5 Å². The number of imide groups is 1. The third-order valence-corrected chi connectivity index (χ3v) is 5.45. The number of benzene rings is 1. The van der Waals surface area contributed by atoms with Gasteiger partial charge in [-0.2, -0.15) is 0 Å². The molecular weight excluding hydrogens is 360 g/mol. The van der Waals surface area contributed by atoms with Gasteiger partial charge in [-0.15, -0.1) is 0 Å². The Bertz CT molecular complexity index is 798. The Labute approximate surface area is 164 Å². The van der Waals surface area contributed by atoms with Crippen molar-refractivity contribution in [2.24, 2.45) is 0 Å². The molecule has 1 aromatic carbocycles. The van der Waals surface area contributed by atoms with Gasteiger partial charge in [-0.25, -0.2) is 4.79 Å². The standard InChI is InChI=1S/C21H26N2O5/c1-3-13(2)22-18(24)12-28-21(27)14-9-10-16-17(11-14)20(26)23(19(16)25)15-7-5-4-6-8-15/h9-11,13,15H,3-8,12H2,1-2H3,(H,22,24)/t13-/m0/s1. The molecule has 1 aliphatic carbocycles. The minimum absolute atomic E-state index is 0.000556. The molecule has 1 aliphatic heterocycles. The van der Waals surface area contributed by atoms with E-state index in [1.165, 1.54) is 23.1 Å². The van der Waals surface area contributed by atoms with E-state index >= 15 is 0 Å². The smallest absolute Gasteiger partial charge is 0.338 e. The van der Waals surface area contributed by atoms with Crippen molar-refractivity contribution in [3.05, 3.63) is 34.9 Å². The van der Waals surface area contributed by atoms with Crippen LogP contribution in [0.4, 0.5) is 0 Å². The fourth-order valence-corrected chi connectivity index (χ4v) is 3.69. The highest BCUT2D eigenvalue weighted by Gasteiger charge is 2.40. The lowest BCUT2D eigenvalue weighted by atomic mass is 9.94. The normalized spacial score (nSPS) is 18.0. The van der Waals surface area contributed by atoms with Crippen LogP contribution in [0.2, 0.25) is 0 Å². The Morgan fingerprint density at radius 2 is 1.82 bits per heavy atom. The van der Waals surface area contributed by atoms with E-state index in [0.29, 0.717) is 5.56 Å². The van der Waals surface area contributed by atoms with Gasteiger partial charge in [0.1, 0.15) is 0 Å². The quantitative estimate of drug-likeness (QED) is 0.599. The van der Waals surface area contributed by atoms with Crippen LogP contribution in [0.15, 0.2) is 18.2 Å². The van der Waals surface area contributed by atoms with Gasteiger partial charge in [0.05, 0.1) is 16.7 Å². The zero-order valence-corrected chi connectivity index (χ0v) is 16.3. The van der Waals surface area contributed by atoms with Gasteiger partial charge >= 0.3 is 5.97 Å². The SMILES string of the molecule is CC[C@H](C)NC(=O)COC(=O)c1ccc2c(c1)C(=O)N(C1CCCCC1)C2=O. The summed E-state index contributed by atoms with van der Waals surface area (Å²) < 4.78 is 5.04.